The normalized spacial score (nSPS) is 16.0. The SMILES string of the molecule is COC1CN(C(=O)c2cn3ccnc3cc2C)C1. The molecular formula is C13H15N3O2. The van der Waals surface area contributed by atoms with Crippen molar-refractivity contribution < 1.29 is 9.53 Å². The van der Waals surface area contributed by atoms with Crippen LogP contribution in [0.3, 0.4) is 0 Å². The van der Waals surface area contributed by atoms with E-state index in [1.54, 1.807) is 18.2 Å². The highest BCUT2D eigenvalue weighted by Crippen LogP contribution is 2.18. The second kappa shape index (κ2) is 4.10. The maximum atomic E-state index is 12.3. The van der Waals surface area contributed by atoms with Crippen molar-refractivity contribution in [1.82, 2.24) is 14.3 Å². The van der Waals surface area contributed by atoms with Gasteiger partial charge in [-0.25, -0.2) is 4.98 Å². The number of likely N-dealkylation sites (tertiary alicyclic amines) is 1. The Balaban J connectivity index is 1.89. The van der Waals surface area contributed by atoms with Crippen LogP contribution in [-0.2, 0) is 4.74 Å². The molecule has 0 bridgehead atoms. The molecule has 2 aromatic heterocycles. The number of ether oxygens (including phenoxy) is 1. The van der Waals surface area contributed by atoms with E-state index in [4.69, 9.17) is 4.74 Å². The van der Waals surface area contributed by atoms with Gasteiger partial charge in [-0.2, -0.15) is 0 Å². The molecule has 0 radical (unpaired) electrons. The van der Waals surface area contributed by atoms with Gasteiger partial charge in [-0.1, -0.05) is 0 Å². The van der Waals surface area contributed by atoms with Gasteiger partial charge in [-0.15, -0.1) is 0 Å². The molecule has 0 atom stereocenters. The fourth-order valence-electron chi connectivity index (χ4n) is 2.21. The maximum Gasteiger partial charge on any atom is 0.255 e. The van der Waals surface area contributed by atoms with Gasteiger partial charge in [0.25, 0.3) is 5.91 Å². The van der Waals surface area contributed by atoms with Gasteiger partial charge in [0.2, 0.25) is 0 Å². The molecule has 1 saturated heterocycles. The summed E-state index contributed by atoms with van der Waals surface area (Å²) in [5.41, 5.74) is 2.55. The maximum absolute atomic E-state index is 12.3. The molecular weight excluding hydrogens is 230 g/mol. The van der Waals surface area contributed by atoms with E-state index in [0.717, 1.165) is 16.8 Å². The van der Waals surface area contributed by atoms with Gasteiger partial charge >= 0.3 is 0 Å². The molecule has 2 aromatic rings. The largest absolute Gasteiger partial charge is 0.378 e. The summed E-state index contributed by atoms with van der Waals surface area (Å²) in [6, 6.07) is 1.93. The fourth-order valence-corrected chi connectivity index (χ4v) is 2.21. The lowest BCUT2D eigenvalue weighted by Crippen LogP contribution is -2.54. The minimum Gasteiger partial charge on any atom is -0.378 e. The minimum atomic E-state index is 0.0661. The number of aryl methyl sites for hydroxylation is 1. The Morgan fingerprint density at radius 2 is 2.28 bits per heavy atom. The number of carbonyl (C=O) groups excluding carboxylic acids is 1. The molecule has 5 nitrogen and oxygen atoms in total. The van der Waals surface area contributed by atoms with Crippen LogP contribution >= 0.6 is 0 Å². The number of methoxy groups -OCH3 is 1. The quantitative estimate of drug-likeness (QED) is 0.796. The van der Waals surface area contributed by atoms with Crippen molar-refractivity contribution in [3.05, 3.63) is 35.8 Å². The van der Waals surface area contributed by atoms with E-state index in [2.05, 4.69) is 4.98 Å². The van der Waals surface area contributed by atoms with E-state index < -0.39 is 0 Å². The summed E-state index contributed by atoms with van der Waals surface area (Å²) in [7, 11) is 1.68. The van der Waals surface area contributed by atoms with Crippen molar-refractivity contribution >= 4 is 11.6 Å². The zero-order chi connectivity index (χ0) is 12.7. The summed E-state index contributed by atoms with van der Waals surface area (Å²) >= 11 is 0. The zero-order valence-corrected chi connectivity index (χ0v) is 10.5. The summed E-state index contributed by atoms with van der Waals surface area (Å²) < 4.78 is 7.05. The highest BCUT2D eigenvalue weighted by molar-refractivity contribution is 5.96. The van der Waals surface area contributed by atoms with Gasteiger partial charge in [0.05, 0.1) is 11.7 Å². The van der Waals surface area contributed by atoms with Gasteiger partial charge in [-0.3, -0.25) is 4.79 Å². The predicted octanol–water partition coefficient (Wildman–Crippen LogP) is 1.11. The number of nitrogens with zero attached hydrogens (tertiary/aromatic N) is 3. The Kier molecular flexibility index (Phi) is 2.56. The molecule has 1 aliphatic rings. The Morgan fingerprint density at radius 1 is 1.50 bits per heavy atom. The standard InChI is InChI=1S/C13H15N3O2/c1-9-5-12-14-3-4-15(12)8-11(9)13(17)16-6-10(7-16)18-2/h3-5,8,10H,6-7H2,1-2H3. The molecule has 0 spiro atoms. The van der Waals surface area contributed by atoms with Crippen LogP contribution in [0.4, 0.5) is 0 Å². The summed E-state index contributed by atoms with van der Waals surface area (Å²) in [5.74, 6) is 0.0661. The number of fused-ring (bicyclic) bond motifs is 1. The topological polar surface area (TPSA) is 46.8 Å². The van der Waals surface area contributed by atoms with Gasteiger partial charge in [-0.05, 0) is 18.6 Å². The van der Waals surface area contributed by atoms with Crippen molar-refractivity contribution in [1.29, 1.82) is 0 Å². The lowest BCUT2D eigenvalue weighted by molar-refractivity contribution is -0.0192. The van der Waals surface area contributed by atoms with Crippen molar-refractivity contribution in [2.75, 3.05) is 20.2 Å². The number of pyridine rings is 1. The summed E-state index contributed by atoms with van der Waals surface area (Å²) in [4.78, 5) is 18.3. The highest BCUT2D eigenvalue weighted by atomic mass is 16.5. The van der Waals surface area contributed by atoms with Crippen molar-refractivity contribution in [3.8, 4) is 0 Å². The van der Waals surface area contributed by atoms with E-state index in [1.807, 2.05) is 29.8 Å². The van der Waals surface area contributed by atoms with Crippen molar-refractivity contribution in [2.24, 2.45) is 0 Å². The average molecular weight is 245 g/mol. The summed E-state index contributed by atoms with van der Waals surface area (Å²) in [6.07, 6.45) is 5.61. The molecule has 0 unspecified atom stereocenters. The van der Waals surface area contributed by atoms with E-state index in [-0.39, 0.29) is 12.0 Å². The Morgan fingerprint density at radius 3 is 3.00 bits per heavy atom. The molecule has 94 valence electrons. The van der Waals surface area contributed by atoms with Gasteiger partial charge < -0.3 is 14.0 Å². The van der Waals surface area contributed by atoms with Crippen LogP contribution in [-0.4, -0.2) is 46.5 Å². The Bertz CT molecular complexity index is 599. The minimum absolute atomic E-state index is 0.0661. The number of rotatable bonds is 2. The fraction of sp³-hybridized carbons (Fsp3) is 0.385. The first-order chi connectivity index (χ1) is 8.69. The van der Waals surface area contributed by atoms with E-state index >= 15 is 0 Å². The number of imidazole rings is 1. The average Bonchev–Trinajstić information content (AvgIpc) is 2.73. The van der Waals surface area contributed by atoms with E-state index in [9.17, 15) is 4.79 Å². The van der Waals surface area contributed by atoms with E-state index in [0.29, 0.717) is 13.1 Å². The van der Waals surface area contributed by atoms with Gasteiger partial charge in [0.15, 0.2) is 0 Å². The number of amides is 1. The molecule has 0 N–H and O–H groups in total. The summed E-state index contributed by atoms with van der Waals surface area (Å²) in [6.45, 7) is 3.29. The van der Waals surface area contributed by atoms with Crippen LogP contribution in [0, 0.1) is 6.92 Å². The molecule has 0 saturated carbocycles. The van der Waals surface area contributed by atoms with Crippen molar-refractivity contribution in [3.63, 3.8) is 0 Å². The van der Waals surface area contributed by atoms with Crippen molar-refractivity contribution in [2.45, 2.75) is 13.0 Å². The van der Waals surface area contributed by atoms with Crippen LogP contribution < -0.4 is 0 Å². The molecule has 0 aliphatic carbocycles. The van der Waals surface area contributed by atoms with Crippen LogP contribution in [0.2, 0.25) is 0 Å². The molecule has 5 heteroatoms. The van der Waals surface area contributed by atoms with Crippen LogP contribution in [0.1, 0.15) is 15.9 Å². The highest BCUT2D eigenvalue weighted by Gasteiger charge is 2.31. The van der Waals surface area contributed by atoms with Gasteiger partial charge in [0, 0.05) is 38.8 Å². The third-order valence-corrected chi connectivity index (χ3v) is 3.44. The van der Waals surface area contributed by atoms with E-state index in [1.165, 1.54) is 0 Å². The molecule has 0 aromatic carbocycles. The lowest BCUT2D eigenvalue weighted by atomic mass is 10.1. The Labute approximate surface area is 105 Å². The molecule has 3 rings (SSSR count). The third-order valence-electron chi connectivity index (χ3n) is 3.44. The first-order valence-electron chi connectivity index (χ1n) is 5.94. The first kappa shape index (κ1) is 11.2. The number of hydrogen-bond acceptors (Lipinski definition) is 3. The molecule has 3 heterocycles. The molecule has 1 fully saturated rings. The third kappa shape index (κ3) is 1.67. The Hall–Kier alpha value is -1.88. The first-order valence-corrected chi connectivity index (χ1v) is 5.94. The number of aromatic nitrogens is 2. The smallest absolute Gasteiger partial charge is 0.255 e. The van der Waals surface area contributed by atoms with Crippen LogP contribution in [0.25, 0.3) is 5.65 Å². The zero-order valence-electron chi connectivity index (χ0n) is 10.5. The number of hydrogen-bond donors (Lipinski definition) is 0. The number of carbonyl (C=O) groups is 1. The monoisotopic (exact) mass is 245 g/mol. The second-order valence-electron chi connectivity index (χ2n) is 4.63. The van der Waals surface area contributed by atoms with Crippen LogP contribution in [0.5, 0.6) is 0 Å². The molecule has 18 heavy (non-hydrogen) atoms. The van der Waals surface area contributed by atoms with Crippen LogP contribution in [0.15, 0.2) is 24.7 Å². The molecule has 1 amide bonds. The lowest BCUT2D eigenvalue weighted by Gasteiger charge is -2.38. The molecule has 1 aliphatic heterocycles. The summed E-state index contributed by atoms with van der Waals surface area (Å²) in [5, 5.41) is 0. The second-order valence-corrected chi connectivity index (χ2v) is 4.63. The predicted molar refractivity (Wildman–Crippen MR) is 66.6 cm³/mol. The van der Waals surface area contributed by atoms with Gasteiger partial charge in [0.1, 0.15) is 5.65 Å².